The molecule has 0 fully saturated rings. The van der Waals surface area contributed by atoms with Crippen molar-refractivity contribution >= 4 is 67.1 Å². The number of nitrogens with one attached hydrogen (secondary N) is 1. The summed E-state index contributed by atoms with van der Waals surface area (Å²) in [6.45, 7) is 1.78. The Morgan fingerprint density at radius 1 is 1.03 bits per heavy atom. The van der Waals surface area contributed by atoms with Gasteiger partial charge in [-0.2, -0.15) is 13.5 Å². The number of carbonyl (C=O) groups excluding carboxylic acids is 1. The van der Waals surface area contributed by atoms with Gasteiger partial charge in [-0.15, -0.1) is 5.11 Å². The molecule has 0 spiro atoms. The molecule has 0 radical (unpaired) electrons. The van der Waals surface area contributed by atoms with Gasteiger partial charge in [-0.1, -0.05) is 60.1 Å². The number of amides is 1. The van der Waals surface area contributed by atoms with Crippen LogP contribution in [-0.2, 0) is 16.5 Å². The number of aryl methyl sites for hydroxylation is 1. The van der Waals surface area contributed by atoms with Gasteiger partial charge in [-0.05, 0) is 47.7 Å². The van der Waals surface area contributed by atoms with Gasteiger partial charge in [-0.3, -0.25) is 9.35 Å². The molecule has 13 heteroatoms. The van der Waals surface area contributed by atoms with Gasteiger partial charge in [-0.25, -0.2) is 0 Å². The molecule has 0 heterocycles. The molecule has 4 aromatic carbocycles. The number of ether oxygens (including phenoxy) is 1. The average Bonchev–Trinajstić information content (AvgIpc) is 2.88. The predicted octanol–water partition coefficient (Wildman–Crippen LogP) is 3.71. The minimum Gasteiger partial charge on any atom is -0.870 e. The van der Waals surface area contributed by atoms with E-state index in [1.807, 2.05) is 0 Å². The SMILES string of the molecule is CCc1cc(Cl)c(N=Nc2c([O-])c(C(=O)Nc3cc(OC)ccc3Cl)cc3ccccc23)c(S(=O)(=O)O)c1.[Na+]. The molecule has 0 aliphatic carbocycles. The largest absolute Gasteiger partial charge is 1.00 e. The first-order valence-electron chi connectivity index (χ1n) is 11.1. The van der Waals surface area contributed by atoms with Crippen LogP contribution in [0.15, 0.2) is 75.8 Å². The minimum atomic E-state index is -4.71. The number of halogens is 2. The van der Waals surface area contributed by atoms with Crippen LogP contribution in [0.1, 0.15) is 22.8 Å². The van der Waals surface area contributed by atoms with Crippen LogP contribution in [0.4, 0.5) is 17.1 Å². The van der Waals surface area contributed by atoms with Crippen molar-refractivity contribution in [3.8, 4) is 11.5 Å². The molecule has 0 atom stereocenters. The molecule has 4 aromatic rings. The molecule has 0 aromatic heterocycles. The molecule has 0 unspecified atom stereocenters. The summed E-state index contributed by atoms with van der Waals surface area (Å²) in [5.74, 6) is -1.07. The number of methoxy groups -OCH3 is 1. The van der Waals surface area contributed by atoms with Gasteiger partial charge in [0.2, 0.25) is 0 Å². The summed E-state index contributed by atoms with van der Waals surface area (Å²) in [4.78, 5) is 12.6. The van der Waals surface area contributed by atoms with Gasteiger partial charge in [0, 0.05) is 17.0 Å². The second-order valence-electron chi connectivity index (χ2n) is 8.08. The first-order chi connectivity index (χ1) is 18.0. The molecule has 9 nitrogen and oxygen atoms in total. The number of fused-ring (bicyclic) bond motifs is 1. The standard InChI is InChI=1S/C26H21Cl2N3O6S.Na/c1-3-14-10-20(28)24(22(11-14)38(34,35)36)31-30-23-17-7-5-4-6-15(17)12-18(25(23)32)26(33)29-21-13-16(37-2)8-9-19(21)27;/h4-13,32H,3H2,1-2H3,(H,29,33)(H,34,35,36);/q;+1/p-1. The average molecular weight is 596 g/mol. The van der Waals surface area contributed by atoms with Gasteiger partial charge in [0.1, 0.15) is 16.3 Å². The van der Waals surface area contributed by atoms with Crippen molar-refractivity contribution in [3.63, 3.8) is 0 Å². The van der Waals surface area contributed by atoms with Gasteiger partial charge in [0.05, 0.1) is 28.5 Å². The van der Waals surface area contributed by atoms with Crippen molar-refractivity contribution < 1.29 is 57.2 Å². The van der Waals surface area contributed by atoms with Crippen LogP contribution in [0.5, 0.6) is 11.5 Å². The number of carbonyl (C=O) groups is 1. The molecule has 1 amide bonds. The van der Waals surface area contributed by atoms with Gasteiger partial charge in [0.15, 0.2) is 0 Å². The maximum atomic E-state index is 13.4. The third-order valence-corrected chi connectivity index (χ3v) is 7.15. The van der Waals surface area contributed by atoms with E-state index >= 15 is 0 Å². The van der Waals surface area contributed by atoms with Crippen molar-refractivity contribution in [2.24, 2.45) is 10.2 Å². The second kappa shape index (κ2) is 12.6. The fraction of sp³-hybridized carbons (Fsp3) is 0.115. The molecule has 2 N–H and O–H groups in total. The van der Waals surface area contributed by atoms with Crippen LogP contribution in [0.2, 0.25) is 10.0 Å². The summed E-state index contributed by atoms with van der Waals surface area (Å²) in [5, 5.41) is 25.0. The summed E-state index contributed by atoms with van der Waals surface area (Å²) < 4.78 is 38.9. The van der Waals surface area contributed by atoms with E-state index in [-0.39, 0.29) is 62.2 Å². The van der Waals surface area contributed by atoms with Crippen LogP contribution in [0.25, 0.3) is 10.8 Å². The number of benzene rings is 4. The predicted molar refractivity (Wildman–Crippen MR) is 144 cm³/mol. The normalized spacial score (nSPS) is 11.4. The number of anilines is 1. The Kier molecular flexibility index (Phi) is 10.0. The molecule has 39 heavy (non-hydrogen) atoms. The van der Waals surface area contributed by atoms with Crippen LogP contribution < -0.4 is 44.7 Å². The summed E-state index contributed by atoms with van der Waals surface area (Å²) >= 11 is 12.5. The van der Waals surface area contributed by atoms with Gasteiger partial charge < -0.3 is 15.2 Å². The van der Waals surface area contributed by atoms with E-state index in [9.17, 15) is 22.9 Å². The monoisotopic (exact) mass is 595 g/mol. The van der Waals surface area contributed by atoms with Crippen molar-refractivity contribution in [3.05, 3.63) is 81.8 Å². The van der Waals surface area contributed by atoms with Gasteiger partial charge in [0.25, 0.3) is 16.0 Å². The Balaban J connectivity index is 0.00000420. The van der Waals surface area contributed by atoms with Gasteiger partial charge >= 0.3 is 29.6 Å². The quantitative estimate of drug-likeness (QED) is 0.189. The molecule has 196 valence electrons. The fourth-order valence-corrected chi connectivity index (χ4v) is 4.92. The fourth-order valence-electron chi connectivity index (χ4n) is 3.72. The maximum absolute atomic E-state index is 13.4. The summed E-state index contributed by atoms with van der Waals surface area (Å²) in [7, 11) is -3.26. The van der Waals surface area contributed by atoms with Crippen LogP contribution >= 0.6 is 23.2 Å². The molecular formula is C26H20Cl2N3NaO6S. The van der Waals surface area contributed by atoms with E-state index in [1.54, 1.807) is 37.3 Å². The Labute approximate surface area is 256 Å². The number of azo groups is 1. The van der Waals surface area contributed by atoms with E-state index in [1.165, 1.54) is 37.4 Å². The molecule has 4 rings (SSSR count). The van der Waals surface area contributed by atoms with E-state index in [4.69, 9.17) is 27.9 Å². The zero-order chi connectivity index (χ0) is 27.6. The van der Waals surface area contributed by atoms with Crippen LogP contribution in [0.3, 0.4) is 0 Å². The Morgan fingerprint density at radius 3 is 2.38 bits per heavy atom. The third-order valence-electron chi connectivity index (χ3n) is 5.67. The molecule has 0 bridgehead atoms. The van der Waals surface area contributed by atoms with E-state index in [0.717, 1.165) is 0 Å². The summed E-state index contributed by atoms with van der Waals surface area (Å²) in [6, 6.07) is 15.5. The molecule has 0 aliphatic heterocycles. The smallest absolute Gasteiger partial charge is 0.870 e. The molecule has 0 saturated carbocycles. The number of nitrogens with zero attached hydrogens (tertiary/aromatic N) is 2. The molecule has 0 aliphatic rings. The number of hydrogen-bond acceptors (Lipinski definition) is 7. The zero-order valence-corrected chi connectivity index (χ0v) is 25.4. The van der Waals surface area contributed by atoms with Crippen molar-refractivity contribution in [2.75, 3.05) is 12.4 Å². The first kappa shape index (κ1) is 30.8. The van der Waals surface area contributed by atoms with E-state index in [2.05, 4.69) is 15.5 Å². The van der Waals surface area contributed by atoms with Crippen LogP contribution in [0, 0.1) is 0 Å². The number of hydrogen-bond donors (Lipinski definition) is 2. The molecule has 0 saturated heterocycles. The Bertz CT molecular complexity index is 1710. The zero-order valence-electron chi connectivity index (χ0n) is 21.0. The first-order valence-corrected chi connectivity index (χ1v) is 13.3. The van der Waals surface area contributed by atoms with Crippen molar-refractivity contribution in [2.45, 2.75) is 18.2 Å². The van der Waals surface area contributed by atoms with E-state index < -0.39 is 26.7 Å². The Hall–Kier alpha value is -2.70. The maximum Gasteiger partial charge on any atom is 1.00 e. The van der Waals surface area contributed by atoms with Crippen molar-refractivity contribution in [1.82, 2.24) is 0 Å². The van der Waals surface area contributed by atoms with E-state index in [0.29, 0.717) is 28.5 Å². The van der Waals surface area contributed by atoms with Crippen LogP contribution in [-0.4, -0.2) is 26.0 Å². The summed E-state index contributed by atoms with van der Waals surface area (Å²) in [6.07, 6.45) is 0.448. The third kappa shape index (κ3) is 6.72. The Morgan fingerprint density at radius 2 is 1.72 bits per heavy atom. The minimum absolute atomic E-state index is 0. The topological polar surface area (TPSA) is 140 Å². The molecular weight excluding hydrogens is 576 g/mol. The summed E-state index contributed by atoms with van der Waals surface area (Å²) in [5.41, 5.74) is -0.0347. The second-order valence-corrected chi connectivity index (χ2v) is 10.3. The number of rotatable bonds is 7. The van der Waals surface area contributed by atoms with Crippen molar-refractivity contribution in [1.29, 1.82) is 0 Å².